The van der Waals surface area contributed by atoms with E-state index in [0.29, 0.717) is 6.04 Å². The average Bonchev–Trinajstić information content (AvgIpc) is 2.98. The Morgan fingerprint density at radius 1 is 1.32 bits per heavy atom. The van der Waals surface area contributed by atoms with E-state index in [1.807, 2.05) is 11.3 Å². The smallest absolute Gasteiger partial charge is 0.138 e. The summed E-state index contributed by atoms with van der Waals surface area (Å²) in [5.74, 6) is 1.06. The predicted molar refractivity (Wildman–Crippen MR) is 82.0 cm³/mol. The highest BCUT2D eigenvalue weighted by atomic mass is 32.1. The molecular formula is C15H21N3S. The Hall–Kier alpha value is -1.16. The van der Waals surface area contributed by atoms with E-state index in [9.17, 15) is 0 Å². The molecule has 2 heterocycles. The van der Waals surface area contributed by atoms with Gasteiger partial charge in [-0.3, -0.25) is 0 Å². The maximum absolute atomic E-state index is 4.51. The largest absolute Gasteiger partial charge is 0.367 e. The lowest BCUT2D eigenvalue weighted by Gasteiger charge is -2.17. The third-order valence-electron chi connectivity index (χ3n) is 3.97. The molecule has 3 rings (SSSR count). The van der Waals surface area contributed by atoms with E-state index in [0.717, 1.165) is 17.1 Å². The van der Waals surface area contributed by atoms with Crippen LogP contribution in [-0.4, -0.2) is 16.0 Å². The van der Waals surface area contributed by atoms with Crippen LogP contribution in [0.5, 0.6) is 0 Å². The fourth-order valence-corrected chi connectivity index (χ4v) is 4.19. The Balaban J connectivity index is 1.98. The number of nitrogens with one attached hydrogen (secondary N) is 1. The number of hydrogen-bond donors (Lipinski definition) is 1. The average molecular weight is 275 g/mol. The minimum absolute atomic E-state index is 0.528. The molecule has 0 fully saturated rings. The summed E-state index contributed by atoms with van der Waals surface area (Å²) in [6.07, 6.45) is 8.97. The molecule has 0 spiro atoms. The van der Waals surface area contributed by atoms with Gasteiger partial charge in [-0.05, 0) is 37.7 Å². The molecule has 0 saturated heterocycles. The Morgan fingerprint density at radius 3 is 3.00 bits per heavy atom. The van der Waals surface area contributed by atoms with Gasteiger partial charge in [0.25, 0.3) is 0 Å². The standard InChI is InChI=1S/C15H21N3S/c1-3-6-10(4-2)18-14-13-11-7-5-8-12(11)19-15(13)17-9-16-14/h9-10H,3-8H2,1-2H3,(H,16,17,18)/t10-/m1/s1. The van der Waals surface area contributed by atoms with Crippen LogP contribution in [0.25, 0.3) is 10.2 Å². The first-order chi connectivity index (χ1) is 9.33. The van der Waals surface area contributed by atoms with Gasteiger partial charge in [0.15, 0.2) is 0 Å². The molecule has 1 aliphatic rings. The summed E-state index contributed by atoms with van der Waals surface area (Å²) in [6, 6.07) is 0.528. The summed E-state index contributed by atoms with van der Waals surface area (Å²) in [4.78, 5) is 11.7. The molecule has 4 heteroatoms. The number of fused-ring (bicyclic) bond motifs is 3. The fraction of sp³-hybridized carbons (Fsp3) is 0.600. The van der Waals surface area contributed by atoms with Gasteiger partial charge in [0.2, 0.25) is 0 Å². The Labute approximate surface area is 118 Å². The number of thiophene rings is 1. The van der Waals surface area contributed by atoms with E-state index in [1.165, 1.54) is 47.9 Å². The van der Waals surface area contributed by atoms with Crippen molar-refractivity contribution in [2.75, 3.05) is 5.32 Å². The minimum Gasteiger partial charge on any atom is -0.367 e. The molecule has 2 aromatic heterocycles. The maximum atomic E-state index is 4.51. The topological polar surface area (TPSA) is 37.8 Å². The van der Waals surface area contributed by atoms with E-state index >= 15 is 0 Å². The number of aryl methyl sites for hydroxylation is 2. The van der Waals surface area contributed by atoms with Crippen LogP contribution in [-0.2, 0) is 12.8 Å². The molecule has 2 aromatic rings. The van der Waals surface area contributed by atoms with Gasteiger partial charge in [0.05, 0.1) is 5.39 Å². The van der Waals surface area contributed by atoms with Crippen LogP contribution in [0.15, 0.2) is 6.33 Å². The number of aromatic nitrogens is 2. The van der Waals surface area contributed by atoms with Crippen molar-refractivity contribution < 1.29 is 0 Å². The Kier molecular flexibility index (Phi) is 3.69. The zero-order chi connectivity index (χ0) is 13.2. The van der Waals surface area contributed by atoms with Crippen molar-refractivity contribution in [3.63, 3.8) is 0 Å². The van der Waals surface area contributed by atoms with Crippen molar-refractivity contribution in [3.8, 4) is 0 Å². The first-order valence-corrected chi connectivity index (χ1v) is 8.16. The second-order valence-corrected chi connectivity index (χ2v) is 6.38. The second-order valence-electron chi connectivity index (χ2n) is 5.30. The van der Waals surface area contributed by atoms with Crippen molar-refractivity contribution in [2.45, 2.75) is 58.4 Å². The first-order valence-electron chi connectivity index (χ1n) is 7.35. The molecule has 0 amide bonds. The molecule has 0 aliphatic heterocycles. The molecule has 19 heavy (non-hydrogen) atoms. The lowest BCUT2D eigenvalue weighted by molar-refractivity contribution is 0.621. The van der Waals surface area contributed by atoms with Crippen LogP contribution >= 0.6 is 11.3 Å². The Bertz CT molecular complexity index is 576. The fourth-order valence-electron chi connectivity index (χ4n) is 2.96. The molecule has 102 valence electrons. The van der Waals surface area contributed by atoms with E-state index < -0.39 is 0 Å². The summed E-state index contributed by atoms with van der Waals surface area (Å²) in [7, 11) is 0. The second kappa shape index (κ2) is 5.45. The molecule has 0 aromatic carbocycles. The highest BCUT2D eigenvalue weighted by Gasteiger charge is 2.21. The number of anilines is 1. The molecule has 1 N–H and O–H groups in total. The van der Waals surface area contributed by atoms with Crippen molar-refractivity contribution in [1.82, 2.24) is 9.97 Å². The van der Waals surface area contributed by atoms with E-state index in [1.54, 1.807) is 6.33 Å². The summed E-state index contributed by atoms with van der Waals surface area (Å²) in [5, 5.41) is 4.94. The number of rotatable bonds is 5. The van der Waals surface area contributed by atoms with E-state index in [4.69, 9.17) is 0 Å². The third-order valence-corrected chi connectivity index (χ3v) is 5.17. The third kappa shape index (κ3) is 2.34. The highest BCUT2D eigenvalue weighted by Crippen LogP contribution is 2.39. The molecular weight excluding hydrogens is 254 g/mol. The summed E-state index contributed by atoms with van der Waals surface area (Å²) >= 11 is 1.86. The van der Waals surface area contributed by atoms with Gasteiger partial charge in [-0.25, -0.2) is 9.97 Å². The lowest BCUT2D eigenvalue weighted by Crippen LogP contribution is -2.19. The van der Waals surface area contributed by atoms with Crippen LogP contribution in [0.2, 0.25) is 0 Å². The van der Waals surface area contributed by atoms with Crippen LogP contribution in [0.4, 0.5) is 5.82 Å². The molecule has 0 radical (unpaired) electrons. The molecule has 1 atom stereocenters. The highest BCUT2D eigenvalue weighted by molar-refractivity contribution is 7.19. The monoisotopic (exact) mass is 275 g/mol. The van der Waals surface area contributed by atoms with Crippen molar-refractivity contribution in [2.24, 2.45) is 0 Å². The molecule has 0 bridgehead atoms. The van der Waals surface area contributed by atoms with Crippen molar-refractivity contribution in [3.05, 3.63) is 16.8 Å². The van der Waals surface area contributed by atoms with Gasteiger partial charge in [-0.1, -0.05) is 20.3 Å². The van der Waals surface area contributed by atoms with E-state index in [-0.39, 0.29) is 0 Å². The number of nitrogens with zero attached hydrogens (tertiary/aromatic N) is 2. The maximum Gasteiger partial charge on any atom is 0.138 e. The first kappa shape index (κ1) is 12.9. The zero-order valence-corrected chi connectivity index (χ0v) is 12.5. The molecule has 0 saturated carbocycles. The van der Waals surface area contributed by atoms with Crippen LogP contribution in [0.1, 0.15) is 50.0 Å². The zero-order valence-electron chi connectivity index (χ0n) is 11.7. The summed E-state index contributed by atoms with van der Waals surface area (Å²) < 4.78 is 0. The summed E-state index contributed by atoms with van der Waals surface area (Å²) in [6.45, 7) is 4.48. The quantitative estimate of drug-likeness (QED) is 0.890. The number of hydrogen-bond acceptors (Lipinski definition) is 4. The molecule has 1 aliphatic carbocycles. The van der Waals surface area contributed by atoms with Gasteiger partial charge in [0.1, 0.15) is 17.0 Å². The van der Waals surface area contributed by atoms with Crippen LogP contribution in [0.3, 0.4) is 0 Å². The Morgan fingerprint density at radius 2 is 2.21 bits per heavy atom. The lowest BCUT2D eigenvalue weighted by atomic mass is 10.1. The van der Waals surface area contributed by atoms with Gasteiger partial charge < -0.3 is 5.32 Å². The van der Waals surface area contributed by atoms with Crippen LogP contribution < -0.4 is 5.32 Å². The normalized spacial score (nSPS) is 15.7. The van der Waals surface area contributed by atoms with Gasteiger partial charge in [-0.15, -0.1) is 11.3 Å². The van der Waals surface area contributed by atoms with Gasteiger partial charge in [0, 0.05) is 10.9 Å². The molecule has 0 unspecified atom stereocenters. The summed E-state index contributed by atoms with van der Waals surface area (Å²) in [5.41, 5.74) is 1.51. The SMILES string of the molecule is CCC[C@@H](CC)Nc1ncnc2sc3c(c12)CCC3. The molecule has 3 nitrogen and oxygen atoms in total. The predicted octanol–water partition coefficient (Wildman–Crippen LogP) is 4.17. The van der Waals surface area contributed by atoms with Crippen molar-refractivity contribution in [1.29, 1.82) is 0 Å². The van der Waals surface area contributed by atoms with Gasteiger partial charge in [-0.2, -0.15) is 0 Å². The van der Waals surface area contributed by atoms with E-state index in [2.05, 4.69) is 29.1 Å². The van der Waals surface area contributed by atoms with Crippen molar-refractivity contribution >= 4 is 27.4 Å². The minimum atomic E-state index is 0.528. The van der Waals surface area contributed by atoms with Crippen LogP contribution in [0, 0.1) is 0 Å². The van der Waals surface area contributed by atoms with Gasteiger partial charge >= 0.3 is 0 Å².